The molecule has 0 atom stereocenters. The lowest BCUT2D eigenvalue weighted by Gasteiger charge is -2.21. The van der Waals surface area contributed by atoms with Gasteiger partial charge in [-0.2, -0.15) is 0 Å². The fourth-order valence-corrected chi connectivity index (χ4v) is 1.76. The molecule has 5 nitrogen and oxygen atoms in total. The van der Waals surface area contributed by atoms with Crippen LogP contribution in [0.3, 0.4) is 0 Å². The molecule has 0 radical (unpaired) electrons. The van der Waals surface area contributed by atoms with E-state index in [9.17, 15) is 10.1 Å². The van der Waals surface area contributed by atoms with Crippen LogP contribution >= 0.6 is 0 Å². The van der Waals surface area contributed by atoms with Crippen LogP contribution in [0, 0.1) is 10.1 Å². The summed E-state index contributed by atoms with van der Waals surface area (Å²) in [5.74, 6) is 0.637. The van der Waals surface area contributed by atoms with Gasteiger partial charge in [0.1, 0.15) is 5.75 Å². The second-order valence-electron chi connectivity index (χ2n) is 3.70. The van der Waals surface area contributed by atoms with E-state index < -0.39 is 4.92 Å². The Morgan fingerprint density at radius 2 is 2.06 bits per heavy atom. The quantitative estimate of drug-likeness (QED) is 0.575. The molecule has 0 heterocycles. The molecular weight excluding hydrogens is 232 g/mol. The van der Waals surface area contributed by atoms with Gasteiger partial charge in [-0.15, -0.1) is 0 Å². The van der Waals surface area contributed by atoms with Crippen molar-refractivity contribution in [2.75, 3.05) is 25.1 Å². The normalized spacial score (nSPS) is 10.6. The van der Waals surface area contributed by atoms with Gasteiger partial charge in [-0.1, -0.05) is 0 Å². The number of hydrogen-bond donors (Lipinski definition) is 0. The molecule has 1 aromatic carbocycles. The van der Waals surface area contributed by atoms with E-state index in [1.807, 2.05) is 18.2 Å². The standard InChI is InChI=1S/C13H18N2O3/c1-4-14(5-2)12-7-6-11(8-9-15(16)17)13(10-12)18-3/h6-10H,4-5H2,1-3H3. The lowest BCUT2D eigenvalue weighted by Crippen LogP contribution is -2.21. The van der Waals surface area contributed by atoms with E-state index in [2.05, 4.69) is 18.7 Å². The molecule has 98 valence electrons. The molecule has 0 N–H and O–H groups in total. The zero-order valence-corrected chi connectivity index (χ0v) is 10.9. The van der Waals surface area contributed by atoms with Gasteiger partial charge in [0.05, 0.1) is 12.0 Å². The van der Waals surface area contributed by atoms with Gasteiger partial charge in [0, 0.05) is 36.5 Å². The molecule has 0 bridgehead atoms. The summed E-state index contributed by atoms with van der Waals surface area (Å²) in [7, 11) is 1.56. The Kier molecular flexibility index (Phi) is 5.17. The average molecular weight is 250 g/mol. The summed E-state index contributed by atoms with van der Waals surface area (Å²) in [6.07, 6.45) is 2.35. The lowest BCUT2D eigenvalue weighted by molar-refractivity contribution is -0.400. The summed E-state index contributed by atoms with van der Waals surface area (Å²) in [6.45, 7) is 5.97. The summed E-state index contributed by atoms with van der Waals surface area (Å²) < 4.78 is 5.26. The summed E-state index contributed by atoms with van der Waals surface area (Å²) in [4.78, 5) is 12.0. The summed E-state index contributed by atoms with van der Waals surface area (Å²) >= 11 is 0. The number of methoxy groups -OCH3 is 1. The molecule has 0 saturated heterocycles. The minimum absolute atomic E-state index is 0.488. The number of rotatable bonds is 6. The first kappa shape index (κ1) is 14.0. The zero-order chi connectivity index (χ0) is 13.5. The molecule has 0 unspecified atom stereocenters. The number of nitro groups is 1. The van der Waals surface area contributed by atoms with Crippen molar-refractivity contribution in [3.8, 4) is 5.75 Å². The largest absolute Gasteiger partial charge is 0.496 e. The lowest BCUT2D eigenvalue weighted by atomic mass is 10.1. The molecule has 0 fully saturated rings. The Labute approximate surface area is 107 Å². The fraction of sp³-hybridized carbons (Fsp3) is 0.385. The topological polar surface area (TPSA) is 55.6 Å². The Bertz CT molecular complexity index is 440. The van der Waals surface area contributed by atoms with Gasteiger partial charge in [0.25, 0.3) is 0 Å². The van der Waals surface area contributed by atoms with E-state index in [4.69, 9.17) is 4.74 Å². The third-order valence-corrected chi connectivity index (χ3v) is 2.72. The molecule has 1 aromatic rings. The van der Waals surface area contributed by atoms with Crippen LogP contribution in [0.1, 0.15) is 19.4 Å². The highest BCUT2D eigenvalue weighted by Crippen LogP contribution is 2.26. The van der Waals surface area contributed by atoms with Crippen LogP contribution in [0.5, 0.6) is 5.75 Å². The van der Waals surface area contributed by atoms with E-state index in [-0.39, 0.29) is 0 Å². The van der Waals surface area contributed by atoms with E-state index in [0.29, 0.717) is 11.3 Å². The van der Waals surface area contributed by atoms with E-state index >= 15 is 0 Å². The summed E-state index contributed by atoms with van der Waals surface area (Å²) in [5.41, 5.74) is 1.75. The van der Waals surface area contributed by atoms with E-state index in [1.54, 1.807) is 7.11 Å². The highest BCUT2D eigenvalue weighted by Gasteiger charge is 2.07. The number of anilines is 1. The van der Waals surface area contributed by atoms with Crippen LogP contribution in [0.25, 0.3) is 6.08 Å². The van der Waals surface area contributed by atoms with Gasteiger partial charge in [-0.05, 0) is 26.0 Å². The highest BCUT2D eigenvalue weighted by molar-refractivity contribution is 5.63. The van der Waals surface area contributed by atoms with Crippen molar-refractivity contribution in [1.82, 2.24) is 0 Å². The van der Waals surface area contributed by atoms with Crippen LogP contribution < -0.4 is 9.64 Å². The smallest absolute Gasteiger partial charge is 0.235 e. The molecule has 0 aliphatic carbocycles. The minimum atomic E-state index is -0.488. The molecule has 0 aliphatic heterocycles. The van der Waals surface area contributed by atoms with Gasteiger partial charge in [0.15, 0.2) is 0 Å². The average Bonchev–Trinajstić information content (AvgIpc) is 2.38. The fourth-order valence-electron chi connectivity index (χ4n) is 1.76. The SMILES string of the molecule is CCN(CC)c1ccc(C=C[N+](=O)[O-])c(OC)c1. The molecule has 18 heavy (non-hydrogen) atoms. The number of ether oxygens (including phenoxy) is 1. The molecule has 5 heteroatoms. The van der Waals surface area contributed by atoms with Crippen LogP contribution in [0.4, 0.5) is 5.69 Å². The van der Waals surface area contributed by atoms with Crippen LogP contribution in [0.15, 0.2) is 24.4 Å². The Morgan fingerprint density at radius 3 is 2.56 bits per heavy atom. The first-order chi connectivity index (χ1) is 8.62. The Morgan fingerprint density at radius 1 is 1.39 bits per heavy atom. The minimum Gasteiger partial charge on any atom is -0.496 e. The van der Waals surface area contributed by atoms with Gasteiger partial charge in [-0.3, -0.25) is 10.1 Å². The van der Waals surface area contributed by atoms with Crippen molar-refractivity contribution in [3.05, 3.63) is 40.1 Å². The maximum absolute atomic E-state index is 10.3. The summed E-state index contributed by atoms with van der Waals surface area (Å²) in [6, 6.07) is 5.66. The van der Waals surface area contributed by atoms with Crippen molar-refractivity contribution >= 4 is 11.8 Å². The second kappa shape index (κ2) is 6.64. The van der Waals surface area contributed by atoms with Gasteiger partial charge < -0.3 is 9.64 Å². The van der Waals surface area contributed by atoms with Crippen LogP contribution in [0.2, 0.25) is 0 Å². The molecular formula is C13H18N2O3. The second-order valence-corrected chi connectivity index (χ2v) is 3.70. The number of nitrogens with zero attached hydrogens (tertiary/aromatic N) is 2. The summed E-state index contributed by atoms with van der Waals surface area (Å²) in [5, 5.41) is 10.3. The zero-order valence-electron chi connectivity index (χ0n) is 10.9. The van der Waals surface area contributed by atoms with Crippen LogP contribution in [-0.4, -0.2) is 25.1 Å². The van der Waals surface area contributed by atoms with Crippen molar-refractivity contribution in [1.29, 1.82) is 0 Å². The van der Waals surface area contributed by atoms with E-state index in [1.165, 1.54) is 6.08 Å². The molecule has 0 saturated carbocycles. The number of hydrogen-bond acceptors (Lipinski definition) is 4. The molecule has 0 aliphatic rings. The van der Waals surface area contributed by atoms with Crippen molar-refractivity contribution in [2.45, 2.75) is 13.8 Å². The van der Waals surface area contributed by atoms with Crippen molar-refractivity contribution in [2.24, 2.45) is 0 Å². The Hall–Kier alpha value is -2.04. The van der Waals surface area contributed by atoms with Crippen molar-refractivity contribution < 1.29 is 9.66 Å². The maximum Gasteiger partial charge on any atom is 0.235 e. The maximum atomic E-state index is 10.3. The van der Waals surface area contributed by atoms with Crippen LogP contribution in [-0.2, 0) is 0 Å². The molecule has 1 rings (SSSR count). The third kappa shape index (κ3) is 3.48. The van der Waals surface area contributed by atoms with E-state index in [0.717, 1.165) is 25.0 Å². The van der Waals surface area contributed by atoms with Gasteiger partial charge >= 0.3 is 0 Å². The Balaban J connectivity index is 3.06. The number of benzene rings is 1. The predicted molar refractivity (Wildman–Crippen MR) is 72.6 cm³/mol. The molecule has 0 aromatic heterocycles. The molecule has 0 spiro atoms. The molecule has 0 amide bonds. The van der Waals surface area contributed by atoms with Gasteiger partial charge in [-0.25, -0.2) is 0 Å². The van der Waals surface area contributed by atoms with Gasteiger partial charge in [0.2, 0.25) is 6.20 Å². The highest BCUT2D eigenvalue weighted by atomic mass is 16.6. The first-order valence-corrected chi connectivity index (χ1v) is 5.87. The monoisotopic (exact) mass is 250 g/mol. The first-order valence-electron chi connectivity index (χ1n) is 5.87. The third-order valence-electron chi connectivity index (χ3n) is 2.72. The van der Waals surface area contributed by atoms with Crippen molar-refractivity contribution in [3.63, 3.8) is 0 Å². The predicted octanol–water partition coefficient (Wildman–Crippen LogP) is 2.79.